The number of para-hydroxylation sites is 2. The number of carbonyl (C=O) groups is 2. The van der Waals surface area contributed by atoms with Gasteiger partial charge in [0.25, 0.3) is 5.91 Å². The smallest absolute Gasteiger partial charge is 0.340 e. The zero-order valence-corrected chi connectivity index (χ0v) is 11.7. The fraction of sp³-hybridized carbons (Fsp3) is 0.125. The maximum Gasteiger partial charge on any atom is 0.340 e. The van der Waals surface area contributed by atoms with Crippen LogP contribution in [0.3, 0.4) is 0 Å². The van der Waals surface area contributed by atoms with Crippen LogP contribution in [0.5, 0.6) is 0 Å². The van der Waals surface area contributed by atoms with Crippen molar-refractivity contribution in [1.29, 1.82) is 0 Å². The summed E-state index contributed by atoms with van der Waals surface area (Å²) in [6.07, 6.45) is 0. The topological polar surface area (TPSA) is 72.6 Å². The number of amides is 1. The van der Waals surface area contributed by atoms with Gasteiger partial charge in [-0.15, -0.1) is 0 Å². The lowest BCUT2D eigenvalue weighted by Gasteiger charge is -2.17. The van der Waals surface area contributed by atoms with Crippen LogP contribution >= 0.6 is 0 Å². The average molecular weight is 284 g/mol. The van der Waals surface area contributed by atoms with Gasteiger partial charge in [-0.2, -0.15) is 0 Å². The lowest BCUT2D eigenvalue weighted by Crippen LogP contribution is -2.31. The number of anilines is 2. The van der Waals surface area contributed by atoms with Crippen molar-refractivity contribution >= 4 is 23.3 Å². The Balaban J connectivity index is 1.95. The van der Waals surface area contributed by atoms with Crippen molar-refractivity contribution in [3.63, 3.8) is 0 Å². The summed E-state index contributed by atoms with van der Waals surface area (Å²) >= 11 is 0. The maximum atomic E-state index is 12.0. The molecule has 0 aromatic heterocycles. The highest BCUT2D eigenvalue weighted by Crippen LogP contribution is 2.13. The van der Waals surface area contributed by atoms with Crippen LogP contribution in [0, 0.1) is 0 Å². The summed E-state index contributed by atoms with van der Waals surface area (Å²) in [5.74, 6) is -0.924. The molecule has 108 valence electrons. The molecule has 0 aliphatic rings. The first-order valence-electron chi connectivity index (χ1n) is 6.43. The molecule has 0 bridgehead atoms. The van der Waals surface area contributed by atoms with E-state index in [2.05, 4.69) is 0 Å². The third-order valence-electron chi connectivity index (χ3n) is 3.03. The number of hydrogen-bond acceptors (Lipinski definition) is 4. The van der Waals surface area contributed by atoms with Crippen molar-refractivity contribution in [2.45, 2.75) is 0 Å². The summed E-state index contributed by atoms with van der Waals surface area (Å²) in [4.78, 5) is 25.3. The van der Waals surface area contributed by atoms with Crippen LogP contribution in [-0.2, 0) is 9.53 Å². The number of hydrogen-bond donors (Lipinski definition) is 1. The van der Waals surface area contributed by atoms with Crippen LogP contribution in [0.25, 0.3) is 0 Å². The Kier molecular flexibility index (Phi) is 4.56. The first kappa shape index (κ1) is 14.6. The molecule has 5 heteroatoms. The normalized spacial score (nSPS) is 9.95. The Morgan fingerprint density at radius 3 is 2.33 bits per heavy atom. The quantitative estimate of drug-likeness (QED) is 0.689. The zero-order chi connectivity index (χ0) is 15.2. The van der Waals surface area contributed by atoms with E-state index in [-0.39, 0.29) is 18.1 Å². The number of rotatable bonds is 4. The molecule has 0 saturated heterocycles. The molecule has 0 atom stereocenters. The fourth-order valence-electron chi connectivity index (χ4n) is 1.78. The van der Waals surface area contributed by atoms with E-state index in [4.69, 9.17) is 10.5 Å². The van der Waals surface area contributed by atoms with Crippen molar-refractivity contribution in [3.8, 4) is 0 Å². The van der Waals surface area contributed by atoms with E-state index in [1.807, 2.05) is 18.2 Å². The summed E-state index contributed by atoms with van der Waals surface area (Å²) in [6, 6.07) is 15.7. The third kappa shape index (κ3) is 3.60. The molecule has 0 aliphatic carbocycles. The highest BCUT2D eigenvalue weighted by molar-refractivity contribution is 5.98. The van der Waals surface area contributed by atoms with Crippen molar-refractivity contribution < 1.29 is 14.3 Å². The molecule has 21 heavy (non-hydrogen) atoms. The van der Waals surface area contributed by atoms with Gasteiger partial charge in [-0.1, -0.05) is 30.3 Å². The first-order chi connectivity index (χ1) is 10.1. The molecule has 0 saturated carbocycles. The number of likely N-dealkylation sites (N-methyl/N-ethyl adjacent to an activating group) is 1. The largest absolute Gasteiger partial charge is 0.452 e. The molecule has 2 rings (SSSR count). The van der Waals surface area contributed by atoms with Crippen molar-refractivity contribution in [2.24, 2.45) is 0 Å². The van der Waals surface area contributed by atoms with Crippen LogP contribution in [0.4, 0.5) is 11.4 Å². The molecule has 0 aliphatic heterocycles. The molecule has 0 spiro atoms. The van der Waals surface area contributed by atoms with Gasteiger partial charge >= 0.3 is 5.97 Å². The standard InChI is InChI=1S/C16H16N2O3/c1-18(12-7-3-2-4-8-12)15(19)11-21-16(20)13-9-5-6-10-14(13)17/h2-10H,11,17H2,1H3. The van der Waals surface area contributed by atoms with Gasteiger partial charge in [0, 0.05) is 18.4 Å². The highest BCUT2D eigenvalue weighted by atomic mass is 16.5. The summed E-state index contributed by atoms with van der Waals surface area (Å²) in [6.45, 7) is -0.335. The number of esters is 1. The van der Waals surface area contributed by atoms with E-state index < -0.39 is 5.97 Å². The second-order valence-electron chi connectivity index (χ2n) is 4.45. The van der Waals surface area contributed by atoms with E-state index in [1.165, 1.54) is 4.90 Å². The van der Waals surface area contributed by atoms with E-state index in [1.54, 1.807) is 43.4 Å². The van der Waals surface area contributed by atoms with E-state index in [9.17, 15) is 9.59 Å². The van der Waals surface area contributed by atoms with E-state index in [0.29, 0.717) is 5.69 Å². The number of ether oxygens (including phenoxy) is 1. The van der Waals surface area contributed by atoms with Crippen molar-refractivity contribution in [3.05, 3.63) is 60.2 Å². The Hall–Kier alpha value is -2.82. The van der Waals surface area contributed by atoms with Crippen LogP contribution in [0.15, 0.2) is 54.6 Å². The van der Waals surface area contributed by atoms with Gasteiger partial charge in [0.1, 0.15) is 0 Å². The molecule has 0 unspecified atom stereocenters. The summed E-state index contributed by atoms with van der Waals surface area (Å²) in [5.41, 5.74) is 7.00. The SMILES string of the molecule is CN(C(=O)COC(=O)c1ccccc1N)c1ccccc1. The van der Waals surface area contributed by atoms with Crippen LogP contribution < -0.4 is 10.6 Å². The van der Waals surface area contributed by atoms with Gasteiger partial charge in [-0.05, 0) is 24.3 Å². The van der Waals surface area contributed by atoms with Crippen LogP contribution in [-0.4, -0.2) is 25.5 Å². The summed E-state index contributed by atoms with van der Waals surface area (Å²) < 4.78 is 5.00. The molecule has 2 N–H and O–H groups in total. The van der Waals surface area contributed by atoms with Gasteiger partial charge in [-0.25, -0.2) is 4.79 Å². The van der Waals surface area contributed by atoms with Gasteiger partial charge in [0.05, 0.1) is 5.56 Å². The predicted molar refractivity (Wildman–Crippen MR) is 81.0 cm³/mol. The van der Waals surface area contributed by atoms with Crippen molar-refractivity contribution in [2.75, 3.05) is 24.3 Å². The molecular weight excluding hydrogens is 268 g/mol. The van der Waals surface area contributed by atoms with Gasteiger partial charge in [0.15, 0.2) is 6.61 Å². The minimum atomic E-state index is -0.608. The Morgan fingerprint density at radius 2 is 1.67 bits per heavy atom. The second-order valence-corrected chi connectivity index (χ2v) is 4.45. The van der Waals surface area contributed by atoms with Crippen LogP contribution in [0.1, 0.15) is 10.4 Å². The van der Waals surface area contributed by atoms with Crippen molar-refractivity contribution in [1.82, 2.24) is 0 Å². The Bertz CT molecular complexity index is 641. The van der Waals surface area contributed by atoms with E-state index >= 15 is 0 Å². The zero-order valence-electron chi connectivity index (χ0n) is 11.7. The monoisotopic (exact) mass is 284 g/mol. The molecular formula is C16H16N2O3. The molecule has 5 nitrogen and oxygen atoms in total. The number of nitrogens with zero attached hydrogens (tertiary/aromatic N) is 1. The lowest BCUT2D eigenvalue weighted by molar-refractivity contribution is -0.121. The number of nitrogens with two attached hydrogens (primary N) is 1. The first-order valence-corrected chi connectivity index (χ1v) is 6.43. The molecule has 2 aromatic rings. The lowest BCUT2D eigenvalue weighted by atomic mass is 10.2. The highest BCUT2D eigenvalue weighted by Gasteiger charge is 2.15. The minimum absolute atomic E-state index is 0.257. The molecule has 1 amide bonds. The second kappa shape index (κ2) is 6.56. The molecule has 0 fully saturated rings. The Labute approximate surface area is 122 Å². The third-order valence-corrected chi connectivity index (χ3v) is 3.03. The molecule has 0 radical (unpaired) electrons. The maximum absolute atomic E-state index is 12.0. The summed E-state index contributed by atoms with van der Waals surface area (Å²) in [5, 5.41) is 0. The van der Waals surface area contributed by atoms with Gasteiger partial charge in [-0.3, -0.25) is 4.79 Å². The fourth-order valence-corrected chi connectivity index (χ4v) is 1.78. The predicted octanol–water partition coefficient (Wildman–Crippen LogP) is 2.09. The Morgan fingerprint density at radius 1 is 1.05 bits per heavy atom. The van der Waals surface area contributed by atoms with Gasteiger partial charge < -0.3 is 15.4 Å². The molecule has 2 aromatic carbocycles. The number of benzene rings is 2. The van der Waals surface area contributed by atoms with Crippen LogP contribution in [0.2, 0.25) is 0 Å². The van der Waals surface area contributed by atoms with Gasteiger partial charge in [0.2, 0.25) is 0 Å². The number of nitrogen functional groups attached to an aromatic ring is 1. The molecule has 0 heterocycles. The summed E-state index contributed by atoms with van der Waals surface area (Å²) in [7, 11) is 1.63. The number of carbonyl (C=O) groups excluding carboxylic acids is 2. The average Bonchev–Trinajstić information content (AvgIpc) is 2.52. The van der Waals surface area contributed by atoms with E-state index in [0.717, 1.165) is 5.69 Å². The minimum Gasteiger partial charge on any atom is -0.452 e.